The Bertz CT molecular complexity index is 396. The molecule has 0 aromatic heterocycles. The Hall–Kier alpha value is -1.45. The van der Waals surface area contributed by atoms with Gasteiger partial charge in [-0.2, -0.15) is 4.99 Å². The summed E-state index contributed by atoms with van der Waals surface area (Å²) in [4.78, 5) is 23.9. The van der Waals surface area contributed by atoms with Gasteiger partial charge in [0.1, 0.15) is 5.69 Å². The molecule has 0 aliphatic rings. The number of nitrogens with zero attached hydrogens (tertiary/aromatic N) is 1. The van der Waals surface area contributed by atoms with Crippen molar-refractivity contribution in [1.29, 1.82) is 0 Å². The number of benzene rings is 1. The lowest BCUT2D eigenvalue weighted by atomic mass is 10.2. The summed E-state index contributed by atoms with van der Waals surface area (Å²) in [5, 5.41) is 8.71. The van der Waals surface area contributed by atoms with E-state index in [0.717, 1.165) is 0 Å². The van der Waals surface area contributed by atoms with Gasteiger partial charge in [-0.3, -0.25) is 0 Å². The Morgan fingerprint density at radius 2 is 2.23 bits per heavy atom. The van der Waals surface area contributed by atoms with Gasteiger partial charge in [0.2, 0.25) is 6.08 Å². The zero-order valence-electron chi connectivity index (χ0n) is 6.32. The fourth-order valence-corrected chi connectivity index (χ4v) is 1.30. The predicted molar refractivity (Wildman–Crippen MR) is 48.9 cm³/mol. The fourth-order valence-electron chi connectivity index (χ4n) is 0.847. The second kappa shape index (κ2) is 3.98. The molecule has 0 aliphatic heterocycles. The summed E-state index contributed by atoms with van der Waals surface area (Å²) in [5.74, 6) is -1.13. The minimum absolute atomic E-state index is 0.0299. The van der Waals surface area contributed by atoms with E-state index in [0.29, 0.717) is 4.47 Å². The number of aliphatic imine (C=N–C) groups is 1. The van der Waals surface area contributed by atoms with Crippen LogP contribution in [0.3, 0.4) is 0 Å². The van der Waals surface area contributed by atoms with Crippen molar-refractivity contribution < 1.29 is 14.7 Å². The molecule has 0 fully saturated rings. The van der Waals surface area contributed by atoms with E-state index in [4.69, 9.17) is 5.11 Å². The van der Waals surface area contributed by atoms with Gasteiger partial charge in [0, 0.05) is 4.47 Å². The van der Waals surface area contributed by atoms with Crippen LogP contribution in [-0.2, 0) is 4.79 Å². The summed E-state index contributed by atoms with van der Waals surface area (Å²) < 4.78 is 0.454. The van der Waals surface area contributed by atoms with Crippen LogP contribution in [0.4, 0.5) is 5.69 Å². The molecule has 0 radical (unpaired) electrons. The summed E-state index contributed by atoms with van der Waals surface area (Å²) in [6.07, 6.45) is 1.30. The van der Waals surface area contributed by atoms with Crippen molar-refractivity contribution >= 4 is 33.7 Å². The SMILES string of the molecule is O=C=Nc1c(Br)cccc1C(=O)O. The van der Waals surface area contributed by atoms with Gasteiger partial charge in [0.05, 0.1) is 5.56 Å². The molecular weight excluding hydrogens is 238 g/mol. The highest BCUT2D eigenvalue weighted by molar-refractivity contribution is 9.10. The van der Waals surface area contributed by atoms with Gasteiger partial charge in [0.25, 0.3) is 0 Å². The van der Waals surface area contributed by atoms with Crippen molar-refractivity contribution in [3.05, 3.63) is 28.2 Å². The number of halogens is 1. The molecule has 0 saturated heterocycles. The van der Waals surface area contributed by atoms with Crippen LogP contribution in [0.2, 0.25) is 0 Å². The number of carboxylic acid groups (broad SMARTS) is 1. The van der Waals surface area contributed by atoms with Crippen molar-refractivity contribution in [2.45, 2.75) is 0 Å². The largest absolute Gasteiger partial charge is 0.478 e. The van der Waals surface area contributed by atoms with Gasteiger partial charge in [0.15, 0.2) is 0 Å². The zero-order chi connectivity index (χ0) is 9.84. The summed E-state index contributed by atoms with van der Waals surface area (Å²) in [6.45, 7) is 0. The van der Waals surface area contributed by atoms with Crippen LogP contribution in [0, 0.1) is 0 Å². The van der Waals surface area contributed by atoms with Crippen LogP contribution in [0.5, 0.6) is 0 Å². The third kappa shape index (κ3) is 2.02. The monoisotopic (exact) mass is 241 g/mol. The highest BCUT2D eigenvalue weighted by atomic mass is 79.9. The molecule has 1 aromatic carbocycles. The number of para-hydroxylation sites is 1. The van der Waals surface area contributed by atoms with Crippen LogP contribution in [0.25, 0.3) is 0 Å². The smallest absolute Gasteiger partial charge is 0.337 e. The second-order valence-electron chi connectivity index (χ2n) is 2.14. The number of isocyanates is 1. The number of carboxylic acids is 1. The number of hydrogen-bond donors (Lipinski definition) is 1. The molecule has 5 heteroatoms. The molecule has 0 saturated carbocycles. The lowest BCUT2D eigenvalue weighted by Gasteiger charge is -1.99. The molecule has 0 bridgehead atoms. The van der Waals surface area contributed by atoms with Crippen LogP contribution >= 0.6 is 15.9 Å². The van der Waals surface area contributed by atoms with Gasteiger partial charge in [-0.1, -0.05) is 6.07 Å². The predicted octanol–water partition coefficient (Wildman–Crippen LogP) is 2.11. The minimum atomic E-state index is -1.13. The van der Waals surface area contributed by atoms with Crippen molar-refractivity contribution in [2.75, 3.05) is 0 Å². The molecule has 0 amide bonds. The van der Waals surface area contributed by atoms with E-state index in [1.54, 1.807) is 12.1 Å². The summed E-state index contributed by atoms with van der Waals surface area (Å²) >= 11 is 3.08. The van der Waals surface area contributed by atoms with Crippen molar-refractivity contribution in [1.82, 2.24) is 0 Å². The van der Waals surface area contributed by atoms with E-state index in [1.165, 1.54) is 12.1 Å². The van der Waals surface area contributed by atoms with E-state index in [9.17, 15) is 9.59 Å². The number of carbonyl (C=O) groups is 1. The quantitative estimate of drug-likeness (QED) is 0.637. The van der Waals surface area contributed by atoms with E-state index < -0.39 is 5.97 Å². The zero-order valence-corrected chi connectivity index (χ0v) is 7.91. The Labute approximate surface area is 82.0 Å². The average Bonchev–Trinajstić information content (AvgIpc) is 2.08. The maximum Gasteiger partial charge on any atom is 0.337 e. The number of rotatable bonds is 2. The first-order valence-electron chi connectivity index (χ1n) is 3.26. The van der Waals surface area contributed by atoms with Gasteiger partial charge >= 0.3 is 5.97 Å². The Balaban J connectivity index is 3.42. The van der Waals surface area contributed by atoms with Gasteiger partial charge in [-0.15, -0.1) is 0 Å². The Morgan fingerprint density at radius 1 is 1.54 bits per heavy atom. The van der Waals surface area contributed by atoms with E-state index >= 15 is 0 Å². The standard InChI is InChI=1S/C8H4BrNO3/c9-6-3-1-2-5(8(12)13)7(6)10-4-11/h1-3H,(H,12,13). The van der Waals surface area contributed by atoms with Crippen LogP contribution in [0.15, 0.2) is 27.7 Å². The highest BCUT2D eigenvalue weighted by Crippen LogP contribution is 2.28. The van der Waals surface area contributed by atoms with E-state index in [1.807, 2.05) is 0 Å². The first-order valence-corrected chi connectivity index (χ1v) is 4.06. The van der Waals surface area contributed by atoms with Gasteiger partial charge in [-0.25, -0.2) is 9.59 Å². The Morgan fingerprint density at radius 3 is 2.77 bits per heavy atom. The first-order chi connectivity index (χ1) is 6.16. The lowest BCUT2D eigenvalue weighted by molar-refractivity contribution is 0.0698. The third-order valence-corrected chi connectivity index (χ3v) is 2.01. The van der Waals surface area contributed by atoms with Crippen molar-refractivity contribution in [3.63, 3.8) is 0 Å². The normalized spacial score (nSPS) is 9.00. The molecular formula is C8H4BrNO3. The Kier molecular flexibility index (Phi) is 2.95. The highest BCUT2D eigenvalue weighted by Gasteiger charge is 2.11. The molecule has 0 spiro atoms. The average molecular weight is 242 g/mol. The number of hydrogen-bond acceptors (Lipinski definition) is 3. The summed E-state index contributed by atoms with van der Waals surface area (Å²) in [5.41, 5.74) is 0.0581. The fraction of sp³-hybridized carbons (Fsp3) is 0. The minimum Gasteiger partial charge on any atom is -0.478 e. The molecule has 0 aliphatic carbocycles. The van der Waals surface area contributed by atoms with Crippen molar-refractivity contribution in [2.24, 2.45) is 4.99 Å². The van der Waals surface area contributed by atoms with Gasteiger partial charge in [-0.05, 0) is 28.1 Å². The van der Waals surface area contributed by atoms with E-state index in [-0.39, 0.29) is 11.3 Å². The number of aromatic carboxylic acids is 1. The first kappa shape index (κ1) is 9.64. The molecule has 4 nitrogen and oxygen atoms in total. The molecule has 0 atom stereocenters. The molecule has 1 rings (SSSR count). The summed E-state index contributed by atoms with van der Waals surface area (Å²) in [7, 11) is 0. The van der Waals surface area contributed by atoms with E-state index in [2.05, 4.69) is 20.9 Å². The molecule has 0 heterocycles. The third-order valence-electron chi connectivity index (χ3n) is 1.37. The molecule has 66 valence electrons. The molecule has 1 aromatic rings. The van der Waals surface area contributed by atoms with Gasteiger partial charge < -0.3 is 5.11 Å². The maximum absolute atomic E-state index is 10.6. The maximum atomic E-state index is 10.6. The topological polar surface area (TPSA) is 66.7 Å². The summed E-state index contributed by atoms with van der Waals surface area (Å²) in [6, 6.07) is 4.52. The van der Waals surface area contributed by atoms with Crippen LogP contribution in [0.1, 0.15) is 10.4 Å². The lowest BCUT2D eigenvalue weighted by Crippen LogP contribution is -1.96. The van der Waals surface area contributed by atoms with Crippen LogP contribution < -0.4 is 0 Å². The van der Waals surface area contributed by atoms with Crippen molar-refractivity contribution in [3.8, 4) is 0 Å². The molecule has 1 N–H and O–H groups in total. The van der Waals surface area contributed by atoms with Crippen LogP contribution in [-0.4, -0.2) is 17.2 Å². The molecule has 0 unspecified atom stereocenters. The number of carbonyl (C=O) groups excluding carboxylic acids is 1. The second-order valence-corrected chi connectivity index (χ2v) is 3.00. The molecule has 13 heavy (non-hydrogen) atoms.